The highest BCUT2D eigenvalue weighted by atomic mass is 16.3. The molecule has 1 amide bonds. The van der Waals surface area contributed by atoms with E-state index in [1.807, 2.05) is 11.0 Å². The van der Waals surface area contributed by atoms with E-state index >= 15 is 0 Å². The number of carbonyl (C=O) groups is 1. The van der Waals surface area contributed by atoms with E-state index in [9.17, 15) is 9.90 Å². The first kappa shape index (κ1) is 12.7. The molecular weight excluding hydrogens is 238 g/mol. The zero-order valence-corrected chi connectivity index (χ0v) is 11.3. The molecule has 1 aromatic carbocycles. The Morgan fingerprint density at radius 2 is 2.00 bits per heavy atom. The van der Waals surface area contributed by atoms with Crippen molar-refractivity contribution in [1.82, 2.24) is 4.90 Å². The number of rotatable bonds is 2. The summed E-state index contributed by atoms with van der Waals surface area (Å²) in [5, 5.41) is 9.33. The second kappa shape index (κ2) is 5.33. The Labute approximate surface area is 114 Å². The number of likely N-dealkylation sites (tertiary alicyclic amines) is 1. The summed E-state index contributed by atoms with van der Waals surface area (Å²) in [6.07, 6.45) is 6.66. The SMILES string of the molecule is O=C(c1ccc2c(c1)CCCC2)N1CCC[C@@H]1CO. The summed E-state index contributed by atoms with van der Waals surface area (Å²) in [6, 6.07) is 6.16. The normalized spacial score (nSPS) is 22.4. The molecule has 3 heteroatoms. The highest BCUT2D eigenvalue weighted by Gasteiger charge is 2.29. The number of aliphatic hydroxyl groups excluding tert-OH is 1. The van der Waals surface area contributed by atoms with E-state index in [4.69, 9.17) is 0 Å². The molecule has 0 aromatic heterocycles. The highest BCUT2D eigenvalue weighted by Crippen LogP contribution is 2.25. The minimum Gasteiger partial charge on any atom is -0.394 e. The first-order chi connectivity index (χ1) is 9.29. The van der Waals surface area contributed by atoms with Gasteiger partial charge in [0.05, 0.1) is 12.6 Å². The lowest BCUT2D eigenvalue weighted by atomic mass is 9.90. The molecule has 0 saturated carbocycles. The van der Waals surface area contributed by atoms with Crippen molar-refractivity contribution in [2.24, 2.45) is 0 Å². The monoisotopic (exact) mass is 259 g/mol. The number of amides is 1. The minimum absolute atomic E-state index is 0.0172. The summed E-state index contributed by atoms with van der Waals surface area (Å²) in [6.45, 7) is 0.859. The van der Waals surface area contributed by atoms with Gasteiger partial charge in [-0.1, -0.05) is 6.07 Å². The maximum atomic E-state index is 12.5. The van der Waals surface area contributed by atoms with Gasteiger partial charge in [-0.05, 0) is 61.8 Å². The van der Waals surface area contributed by atoms with Crippen molar-refractivity contribution >= 4 is 5.91 Å². The quantitative estimate of drug-likeness (QED) is 0.884. The largest absolute Gasteiger partial charge is 0.394 e. The van der Waals surface area contributed by atoms with Gasteiger partial charge in [-0.2, -0.15) is 0 Å². The van der Waals surface area contributed by atoms with Crippen LogP contribution in [-0.4, -0.2) is 35.1 Å². The molecule has 1 saturated heterocycles. The first-order valence-electron chi connectivity index (χ1n) is 7.33. The van der Waals surface area contributed by atoms with Gasteiger partial charge >= 0.3 is 0 Å². The maximum Gasteiger partial charge on any atom is 0.254 e. The Balaban J connectivity index is 1.83. The summed E-state index contributed by atoms with van der Waals surface area (Å²) >= 11 is 0. The Morgan fingerprint density at radius 3 is 2.79 bits per heavy atom. The summed E-state index contributed by atoms with van der Waals surface area (Å²) in [5.74, 6) is 0.0879. The molecular formula is C16H21NO2. The standard InChI is InChI=1S/C16H21NO2/c18-11-15-6-3-9-17(15)16(19)14-8-7-12-4-1-2-5-13(12)10-14/h7-8,10,15,18H,1-6,9,11H2/t15-/m1/s1. The molecule has 0 radical (unpaired) electrons. The van der Waals surface area contributed by atoms with Gasteiger partial charge in [-0.15, -0.1) is 0 Å². The highest BCUT2D eigenvalue weighted by molar-refractivity contribution is 5.95. The van der Waals surface area contributed by atoms with Gasteiger partial charge in [0.15, 0.2) is 0 Å². The van der Waals surface area contributed by atoms with Crippen LogP contribution in [-0.2, 0) is 12.8 Å². The van der Waals surface area contributed by atoms with Crippen LogP contribution in [0.2, 0.25) is 0 Å². The lowest BCUT2D eigenvalue weighted by Gasteiger charge is -2.24. The topological polar surface area (TPSA) is 40.5 Å². The Hall–Kier alpha value is -1.35. The van der Waals surface area contributed by atoms with Crippen LogP contribution in [0.25, 0.3) is 0 Å². The third-order valence-corrected chi connectivity index (χ3v) is 4.44. The van der Waals surface area contributed by atoms with E-state index < -0.39 is 0 Å². The predicted molar refractivity (Wildman–Crippen MR) is 74.2 cm³/mol. The van der Waals surface area contributed by atoms with Crippen molar-refractivity contribution in [3.63, 3.8) is 0 Å². The van der Waals surface area contributed by atoms with Crippen molar-refractivity contribution in [2.45, 2.75) is 44.6 Å². The molecule has 1 aromatic rings. The molecule has 1 aliphatic heterocycles. The van der Waals surface area contributed by atoms with Gasteiger partial charge in [0.25, 0.3) is 5.91 Å². The smallest absolute Gasteiger partial charge is 0.254 e. The lowest BCUT2D eigenvalue weighted by molar-refractivity contribution is 0.0677. The van der Waals surface area contributed by atoms with E-state index in [0.29, 0.717) is 0 Å². The molecule has 2 aliphatic rings. The molecule has 3 rings (SSSR count). The van der Waals surface area contributed by atoms with Crippen LogP contribution >= 0.6 is 0 Å². The molecule has 1 heterocycles. The van der Waals surface area contributed by atoms with Gasteiger partial charge in [0.1, 0.15) is 0 Å². The lowest BCUT2D eigenvalue weighted by Crippen LogP contribution is -2.37. The number of hydrogen-bond acceptors (Lipinski definition) is 2. The van der Waals surface area contributed by atoms with Crippen LogP contribution in [0.15, 0.2) is 18.2 Å². The number of benzene rings is 1. The van der Waals surface area contributed by atoms with Crippen molar-refractivity contribution in [3.05, 3.63) is 34.9 Å². The summed E-state index contributed by atoms with van der Waals surface area (Å²) in [5.41, 5.74) is 3.54. The average molecular weight is 259 g/mol. The van der Waals surface area contributed by atoms with E-state index in [1.54, 1.807) is 0 Å². The molecule has 102 valence electrons. The number of carbonyl (C=O) groups excluding carboxylic acids is 1. The second-order valence-corrected chi connectivity index (χ2v) is 5.67. The molecule has 1 fully saturated rings. The van der Waals surface area contributed by atoms with Crippen molar-refractivity contribution in [1.29, 1.82) is 0 Å². The minimum atomic E-state index is 0.0172. The second-order valence-electron chi connectivity index (χ2n) is 5.67. The van der Waals surface area contributed by atoms with E-state index in [2.05, 4.69) is 12.1 Å². The average Bonchev–Trinajstić information content (AvgIpc) is 2.94. The van der Waals surface area contributed by atoms with Gasteiger partial charge in [-0.25, -0.2) is 0 Å². The predicted octanol–water partition coefficient (Wildman–Crippen LogP) is 2.16. The van der Waals surface area contributed by atoms with Crippen LogP contribution in [0.5, 0.6) is 0 Å². The Bertz CT molecular complexity index is 484. The molecule has 3 nitrogen and oxygen atoms in total. The molecule has 0 unspecified atom stereocenters. The Kier molecular flexibility index (Phi) is 3.56. The Morgan fingerprint density at radius 1 is 1.21 bits per heavy atom. The fourth-order valence-electron chi connectivity index (χ4n) is 3.33. The van der Waals surface area contributed by atoms with Gasteiger partial charge in [-0.3, -0.25) is 4.79 Å². The molecule has 1 atom stereocenters. The summed E-state index contributed by atoms with van der Waals surface area (Å²) in [7, 11) is 0. The van der Waals surface area contributed by atoms with Crippen molar-refractivity contribution in [3.8, 4) is 0 Å². The molecule has 1 N–H and O–H groups in total. The first-order valence-corrected chi connectivity index (χ1v) is 7.33. The van der Waals surface area contributed by atoms with Crippen LogP contribution < -0.4 is 0 Å². The van der Waals surface area contributed by atoms with E-state index in [-0.39, 0.29) is 18.6 Å². The van der Waals surface area contributed by atoms with E-state index in [1.165, 1.54) is 24.0 Å². The number of aliphatic hydroxyl groups is 1. The molecule has 19 heavy (non-hydrogen) atoms. The van der Waals surface area contributed by atoms with Crippen LogP contribution in [0.3, 0.4) is 0 Å². The zero-order chi connectivity index (χ0) is 13.2. The van der Waals surface area contributed by atoms with Crippen LogP contribution in [0.4, 0.5) is 0 Å². The van der Waals surface area contributed by atoms with Crippen LogP contribution in [0.1, 0.15) is 47.2 Å². The number of aryl methyl sites for hydroxylation is 2. The maximum absolute atomic E-state index is 12.5. The summed E-state index contributed by atoms with van der Waals surface area (Å²) < 4.78 is 0. The van der Waals surface area contributed by atoms with Gasteiger partial charge in [0.2, 0.25) is 0 Å². The third kappa shape index (κ3) is 2.39. The van der Waals surface area contributed by atoms with E-state index in [0.717, 1.165) is 37.8 Å². The number of fused-ring (bicyclic) bond motifs is 1. The molecule has 0 bridgehead atoms. The third-order valence-electron chi connectivity index (χ3n) is 4.44. The fraction of sp³-hybridized carbons (Fsp3) is 0.562. The van der Waals surface area contributed by atoms with Crippen molar-refractivity contribution < 1.29 is 9.90 Å². The number of nitrogens with zero attached hydrogens (tertiary/aromatic N) is 1. The zero-order valence-electron chi connectivity index (χ0n) is 11.3. The van der Waals surface area contributed by atoms with Gasteiger partial charge in [0, 0.05) is 12.1 Å². The summed E-state index contributed by atoms with van der Waals surface area (Å²) in [4.78, 5) is 14.4. The van der Waals surface area contributed by atoms with Crippen molar-refractivity contribution in [2.75, 3.05) is 13.2 Å². The molecule has 0 spiro atoms. The van der Waals surface area contributed by atoms with Crippen LogP contribution in [0, 0.1) is 0 Å². The van der Waals surface area contributed by atoms with Gasteiger partial charge < -0.3 is 10.0 Å². The molecule has 1 aliphatic carbocycles. The number of hydrogen-bond donors (Lipinski definition) is 1. The fourth-order valence-corrected chi connectivity index (χ4v) is 3.33.